The summed E-state index contributed by atoms with van der Waals surface area (Å²) in [6.07, 6.45) is 6.23. The molecule has 0 bridgehead atoms. The molecule has 100 valence electrons. The van der Waals surface area contributed by atoms with Gasteiger partial charge in [0.15, 0.2) is 0 Å². The Morgan fingerprint density at radius 3 is 2.21 bits per heavy atom. The predicted molar refractivity (Wildman–Crippen MR) is 86.4 cm³/mol. The monoisotopic (exact) mass is 252 g/mol. The topological polar surface area (TPSA) is 0 Å². The molecule has 1 aliphatic carbocycles. The Labute approximate surface area is 117 Å². The summed E-state index contributed by atoms with van der Waals surface area (Å²) in [6, 6.07) is 8.55. The second-order valence-corrected chi connectivity index (χ2v) is 5.08. The van der Waals surface area contributed by atoms with E-state index in [1.807, 2.05) is 12.2 Å². The minimum atomic E-state index is -0.0826. The van der Waals surface area contributed by atoms with Gasteiger partial charge in [0.25, 0.3) is 0 Å². The van der Waals surface area contributed by atoms with E-state index in [2.05, 4.69) is 64.3 Å². The van der Waals surface area contributed by atoms with Crippen molar-refractivity contribution in [2.24, 2.45) is 0 Å². The molecule has 0 saturated heterocycles. The van der Waals surface area contributed by atoms with Gasteiger partial charge in [-0.3, -0.25) is 0 Å². The molecular formula is C19H24. The van der Waals surface area contributed by atoms with E-state index in [9.17, 15) is 0 Å². The summed E-state index contributed by atoms with van der Waals surface area (Å²) in [7, 11) is 0. The Hall–Kier alpha value is -1.82. The largest absolute Gasteiger partial charge is 0.0987 e. The normalized spacial score (nSPS) is 21.7. The van der Waals surface area contributed by atoms with E-state index in [1.54, 1.807) is 0 Å². The van der Waals surface area contributed by atoms with E-state index >= 15 is 0 Å². The highest BCUT2D eigenvalue weighted by molar-refractivity contribution is 5.63. The Kier molecular flexibility index (Phi) is 4.36. The van der Waals surface area contributed by atoms with Crippen molar-refractivity contribution in [3.63, 3.8) is 0 Å². The zero-order valence-electron chi connectivity index (χ0n) is 11.5. The highest BCUT2D eigenvalue weighted by Crippen LogP contribution is 2.45. The molecule has 0 aliphatic heterocycles. The van der Waals surface area contributed by atoms with Gasteiger partial charge in [0.2, 0.25) is 0 Å². The summed E-state index contributed by atoms with van der Waals surface area (Å²) >= 11 is 0. The molecule has 0 heterocycles. The van der Waals surface area contributed by atoms with Crippen LogP contribution in [0.15, 0.2) is 72.4 Å². The first-order valence-electron chi connectivity index (χ1n) is 6.30. The molecule has 1 atom stereocenters. The Morgan fingerprint density at radius 2 is 1.68 bits per heavy atom. The number of allylic oxidation sites excluding steroid dienone is 6. The molecule has 0 aromatic heterocycles. The zero-order chi connectivity index (χ0) is 13.3. The molecule has 0 nitrogen and oxygen atoms in total. The maximum absolute atomic E-state index is 3.99. The van der Waals surface area contributed by atoms with Gasteiger partial charge in [-0.15, -0.1) is 0 Å². The number of aryl methyl sites for hydroxylation is 1. The van der Waals surface area contributed by atoms with Crippen LogP contribution < -0.4 is 0 Å². The molecule has 1 aromatic carbocycles. The molecule has 1 aliphatic rings. The highest BCUT2D eigenvalue weighted by atomic mass is 14.4. The predicted octanol–water partition coefficient (Wildman–Crippen LogP) is 5.52. The molecule has 1 aromatic rings. The molecule has 0 heteroatoms. The van der Waals surface area contributed by atoms with Gasteiger partial charge in [0.1, 0.15) is 0 Å². The molecular weight excluding hydrogens is 228 g/mol. The summed E-state index contributed by atoms with van der Waals surface area (Å²) in [5.41, 5.74) is 6.33. The van der Waals surface area contributed by atoms with Crippen LogP contribution in [-0.2, 0) is 5.41 Å². The standard InChI is InChI=1S/C18H20.CH4/c1-6-15-14(4)12-18(5,16(15)7-2)17-11-9-8-10-13(17)3;/h6-12H,1-2H2,3-5H3;1H4. The third-order valence-corrected chi connectivity index (χ3v) is 3.89. The molecule has 1 unspecified atom stereocenters. The van der Waals surface area contributed by atoms with E-state index < -0.39 is 0 Å². The van der Waals surface area contributed by atoms with Crippen LogP contribution in [-0.4, -0.2) is 0 Å². The van der Waals surface area contributed by atoms with Crippen molar-refractivity contribution in [2.45, 2.75) is 33.6 Å². The second kappa shape index (κ2) is 5.44. The van der Waals surface area contributed by atoms with Crippen molar-refractivity contribution in [2.75, 3.05) is 0 Å². The van der Waals surface area contributed by atoms with Gasteiger partial charge in [-0.05, 0) is 48.6 Å². The fourth-order valence-electron chi connectivity index (χ4n) is 3.05. The molecule has 0 saturated carbocycles. The molecule has 19 heavy (non-hydrogen) atoms. The molecule has 0 radical (unpaired) electrons. The average molecular weight is 252 g/mol. The van der Waals surface area contributed by atoms with Crippen LogP contribution in [0.2, 0.25) is 0 Å². The van der Waals surface area contributed by atoms with Gasteiger partial charge in [-0.2, -0.15) is 0 Å². The van der Waals surface area contributed by atoms with Crippen molar-refractivity contribution in [1.29, 1.82) is 0 Å². The minimum Gasteiger partial charge on any atom is -0.0987 e. The fraction of sp³-hybridized carbons (Fsp3) is 0.263. The summed E-state index contributed by atoms with van der Waals surface area (Å²) in [6.45, 7) is 14.5. The van der Waals surface area contributed by atoms with Crippen LogP contribution in [0.5, 0.6) is 0 Å². The van der Waals surface area contributed by atoms with Crippen molar-refractivity contribution >= 4 is 0 Å². The first-order chi connectivity index (χ1) is 8.54. The highest BCUT2D eigenvalue weighted by Gasteiger charge is 2.34. The maximum atomic E-state index is 3.99. The number of rotatable bonds is 3. The van der Waals surface area contributed by atoms with Gasteiger partial charge in [-0.1, -0.05) is 63.1 Å². The quantitative estimate of drug-likeness (QED) is 0.664. The summed E-state index contributed by atoms with van der Waals surface area (Å²) in [5.74, 6) is 0. The Morgan fingerprint density at radius 1 is 1.05 bits per heavy atom. The fourth-order valence-corrected chi connectivity index (χ4v) is 3.05. The molecule has 0 amide bonds. The van der Waals surface area contributed by atoms with Gasteiger partial charge in [-0.25, -0.2) is 0 Å². The van der Waals surface area contributed by atoms with Crippen LogP contribution in [0.4, 0.5) is 0 Å². The van der Waals surface area contributed by atoms with Crippen LogP contribution in [0.1, 0.15) is 32.4 Å². The van der Waals surface area contributed by atoms with Crippen LogP contribution in [0.25, 0.3) is 0 Å². The Balaban J connectivity index is 0.00000180. The van der Waals surface area contributed by atoms with Crippen molar-refractivity contribution < 1.29 is 0 Å². The van der Waals surface area contributed by atoms with Gasteiger partial charge >= 0.3 is 0 Å². The van der Waals surface area contributed by atoms with E-state index in [4.69, 9.17) is 0 Å². The molecule has 2 rings (SSSR count). The van der Waals surface area contributed by atoms with Crippen molar-refractivity contribution in [3.8, 4) is 0 Å². The molecule has 0 fully saturated rings. The second-order valence-electron chi connectivity index (χ2n) is 5.08. The number of benzene rings is 1. The summed E-state index contributed by atoms with van der Waals surface area (Å²) in [4.78, 5) is 0. The van der Waals surface area contributed by atoms with E-state index in [0.717, 1.165) is 0 Å². The van der Waals surface area contributed by atoms with Crippen LogP contribution in [0.3, 0.4) is 0 Å². The zero-order valence-corrected chi connectivity index (χ0v) is 11.5. The van der Waals surface area contributed by atoms with Crippen molar-refractivity contribution in [3.05, 3.63) is 83.5 Å². The smallest absolute Gasteiger partial charge is 0.0367 e. The SMILES string of the molecule is C.C=CC1=C(C=C)C(C)(c2ccccc2C)C=C1C. The molecule has 0 spiro atoms. The maximum Gasteiger partial charge on any atom is 0.0367 e. The third-order valence-electron chi connectivity index (χ3n) is 3.89. The van der Waals surface area contributed by atoms with Crippen molar-refractivity contribution in [1.82, 2.24) is 0 Å². The van der Waals surface area contributed by atoms with E-state index in [-0.39, 0.29) is 12.8 Å². The number of hydrogen-bond donors (Lipinski definition) is 0. The first kappa shape index (κ1) is 15.2. The van der Waals surface area contributed by atoms with Crippen LogP contribution >= 0.6 is 0 Å². The first-order valence-corrected chi connectivity index (χ1v) is 6.30. The average Bonchev–Trinajstić information content (AvgIpc) is 2.60. The van der Waals surface area contributed by atoms with Gasteiger partial charge in [0.05, 0.1) is 0 Å². The lowest BCUT2D eigenvalue weighted by Crippen LogP contribution is -2.20. The lowest BCUT2D eigenvalue weighted by Gasteiger charge is -2.27. The van der Waals surface area contributed by atoms with E-state index in [0.29, 0.717) is 0 Å². The molecule has 0 N–H and O–H groups in total. The van der Waals surface area contributed by atoms with E-state index in [1.165, 1.54) is 27.8 Å². The third kappa shape index (κ3) is 2.23. The summed E-state index contributed by atoms with van der Waals surface area (Å²) < 4.78 is 0. The lowest BCUT2D eigenvalue weighted by atomic mass is 9.75. The van der Waals surface area contributed by atoms with Gasteiger partial charge in [0, 0.05) is 5.41 Å². The number of hydrogen-bond acceptors (Lipinski definition) is 0. The van der Waals surface area contributed by atoms with Crippen LogP contribution in [0, 0.1) is 6.92 Å². The summed E-state index contributed by atoms with van der Waals surface area (Å²) in [5, 5.41) is 0. The Bertz CT molecular complexity index is 569. The minimum absolute atomic E-state index is 0. The van der Waals surface area contributed by atoms with Gasteiger partial charge < -0.3 is 0 Å². The lowest BCUT2D eigenvalue weighted by molar-refractivity contribution is 0.726.